The van der Waals surface area contributed by atoms with Crippen molar-refractivity contribution < 1.29 is 9.47 Å². The average Bonchev–Trinajstić information content (AvgIpc) is 2.17. The van der Waals surface area contributed by atoms with Gasteiger partial charge >= 0.3 is 0 Å². The van der Waals surface area contributed by atoms with Crippen molar-refractivity contribution in [1.29, 1.82) is 0 Å². The molecule has 4 heteroatoms. The van der Waals surface area contributed by atoms with Crippen LogP contribution in [0.1, 0.15) is 5.56 Å². The molecule has 1 aromatic rings. The summed E-state index contributed by atoms with van der Waals surface area (Å²) < 4.78 is 10.7. The highest BCUT2D eigenvalue weighted by Gasteiger charge is 2.31. The van der Waals surface area contributed by atoms with Crippen LogP contribution < -0.4 is 10.5 Å². The third-order valence-corrected chi connectivity index (χ3v) is 2.46. The second-order valence-electron chi connectivity index (χ2n) is 3.87. The van der Waals surface area contributed by atoms with Gasteiger partial charge in [0, 0.05) is 7.11 Å². The van der Waals surface area contributed by atoms with E-state index in [0.717, 1.165) is 12.2 Å². The molecule has 0 radical (unpaired) electrons. The highest BCUT2D eigenvalue weighted by Crippen LogP contribution is 2.27. The lowest BCUT2D eigenvalue weighted by Gasteiger charge is -2.33. The largest absolute Gasteiger partial charge is 0.491 e. The number of methoxy groups -OCH3 is 1. The summed E-state index contributed by atoms with van der Waals surface area (Å²) in [5, 5.41) is 0. The van der Waals surface area contributed by atoms with Crippen LogP contribution >= 0.6 is 12.4 Å². The van der Waals surface area contributed by atoms with Gasteiger partial charge < -0.3 is 15.2 Å². The fourth-order valence-electron chi connectivity index (χ4n) is 1.82. The van der Waals surface area contributed by atoms with E-state index in [-0.39, 0.29) is 17.9 Å². The summed E-state index contributed by atoms with van der Waals surface area (Å²) in [7, 11) is 1.66. The first-order valence-electron chi connectivity index (χ1n) is 4.72. The lowest BCUT2D eigenvalue weighted by atomic mass is 9.91. The molecule has 0 amide bonds. The minimum Gasteiger partial charge on any atom is -0.491 e. The van der Waals surface area contributed by atoms with Crippen LogP contribution in [0.15, 0.2) is 24.3 Å². The Kier molecular flexibility index (Phi) is 3.97. The van der Waals surface area contributed by atoms with E-state index in [0.29, 0.717) is 13.2 Å². The summed E-state index contributed by atoms with van der Waals surface area (Å²) >= 11 is 0. The van der Waals surface area contributed by atoms with Gasteiger partial charge in [-0.05, 0) is 18.1 Å². The SMILES string of the molecule is COCC1(N)COc2ccccc2C1.Cl. The Morgan fingerprint density at radius 2 is 2.20 bits per heavy atom. The molecule has 1 atom stereocenters. The summed E-state index contributed by atoms with van der Waals surface area (Å²) in [6.07, 6.45) is 0.816. The van der Waals surface area contributed by atoms with Crippen molar-refractivity contribution in [2.45, 2.75) is 12.0 Å². The molecule has 0 aromatic heterocycles. The Balaban J connectivity index is 0.00000112. The van der Waals surface area contributed by atoms with Crippen molar-refractivity contribution in [1.82, 2.24) is 0 Å². The van der Waals surface area contributed by atoms with Crippen LogP contribution in [0.25, 0.3) is 0 Å². The number of nitrogens with two attached hydrogens (primary N) is 1. The zero-order chi connectivity index (χ0) is 10.0. The highest BCUT2D eigenvalue weighted by molar-refractivity contribution is 5.85. The van der Waals surface area contributed by atoms with Crippen molar-refractivity contribution in [3.63, 3.8) is 0 Å². The van der Waals surface area contributed by atoms with E-state index in [2.05, 4.69) is 0 Å². The Labute approximate surface area is 96.0 Å². The molecule has 2 N–H and O–H groups in total. The molecule has 3 nitrogen and oxygen atoms in total. The first-order chi connectivity index (χ1) is 6.73. The van der Waals surface area contributed by atoms with Crippen LogP contribution in [-0.2, 0) is 11.2 Å². The fraction of sp³-hybridized carbons (Fsp3) is 0.455. The number of rotatable bonds is 2. The number of hydrogen-bond donors (Lipinski definition) is 1. The topological polar surface area (TPSA) is 44.5 Å². The quantitative estimate of drug-likeness (QED) is 0.834. The molecular weight excluding hydrogens is 214 g/mol. The fourth-order valence-corrected chi connectivity index (χ4v) is 1.82. The zero-order valence-electron chi connectivity index (χ0n) is 8.73. The standard InChI is InChI=1S/C11H15NO2.ClH/c1-13-7-11(12)6-9-4-2-3-5-10(9)14-8-11;/h2-5H,6-8,12H2,1H3;1H. The molecule has 84 valence electrons. The maximum absolute atomic E-state index is 6.13. The van der Waals surface area contributed by atoms with E-state index in [1.807, 2.05) is 24.3 Å². The van der Waals surface area contributed by atoms with Crippen molar-refractivity contribution in [2.24, 2.45) is 5.73 Å². The molecule has 0 spiro atoms. The molecule has 0 saturated carbocycles. The van der Waals surface area contributed by atoms with Crippen LogP contribution in [0.4, 0.5) is 0 Å². The van der Waals surface area contributed by atoms with Gasteiger partial charge in [-0.15, -0.1) is 12.4 Å². The molecule has 1 aliphatic heterocycles. The normalized spacial score (nSPS) is 23.6. The second-order valence-corrected chi connectivity index (χ2v) is 3.87. The van der Waals surface area contributed by atoms with E-state index >= 15 is 0 Å². The summed E-state index contributed by atoms with van der Waals surface area (Å²) in [4.78, 5) is 0. The van der Waals surface area contributed by atoms with Gasteiger partial charge in [0.2, 0.25) is 0 Å². The van der Waals surface area contributed by atoms with E-state index in [4.69, 9.17) is 15.2 Å². The molecule has 0 fully saturated rings. The number of ether oxygens (including phenoxy) is 2. The zero-order valence-corrected chi connectivity index (χ0v) is 9.55. The predicted octanol–water partition coefficient (Wildman–Crippen LogP) is 1.39. The molecule has 15 heavy (non-hydrogen) atoms. The second kappa shape index (κ2) is 4.84. The van der Waals surface area contributed by atoms with Gasteiger partial charge in [-0.3, -0.25) is 0 Å². The number of para-hydroxylation sites is 1. The predicted molar refractivity (Wildman–Crippen MR) is 61.7 cm³/mol. The van der Waals surface area contributed by atoms with E-state index in [9.17, 15) is 0 Å². The van der Waals surface area contributed by atoms with Gasteiger partial charge in [0.05, 0.1) is 12.1 Å². The maximum atomic E-state index is 6.13. The van der Waals surface area contributed by atoms with Gasteiger partial charge in [-0.25, -0.2) is 0 Å². The lowest BCUT2D eigenvalue weighted by molar-refractivity contribution is 0.0843. The molecule has 1 aromatic carbocycles. The van der Waals surface area contributed by atoms with Crippen LogP contribution in [-0.4, -0.2) is 25.9 Å². The summed E-state index contributed by atoms with van der Waals surface area (Å²) in [6, 6.07) is 7.99. The minimum atomic E-state index is -0.372. The van der Waals surface area contributed by atoms with E-state index in [1.165, 1.54) is 5.56 Å². The Morgan fingerprint density at radius 3 is 2.93 bits per heavy atom. The van der Waals surface area contributed by atoms with Crippen molar-refractivity contribution in [2.75, 3.05) is 20.3 Å². The smallest absolute Gasteiger partial charge is 0.122 e. The lowest BCUT2D eigenvalue weighted by Crippen LogP contribution is -2.53. The summed E-state index contributed by atoms with van der Waals surface area (Å²) in [6.45, 7) is 1.05. The number of fused-ring (bicyclic) bond motifs is 1. The summed E-state index contributed by atoms with van der Waals surface area (Å²) in [5.41, 5.74) is 6.93. The van der Waals surface area contributed by atoms with Gasteiger partial charge in [0.15, 0.2) is 0 Å². The Hall–Kier alpha value is -0.770. The first-order valence-corrected chi connectivity index (χ1v) is 4.72. The van der Waals surface area contributed by atoms with E-state index < -0.39 is 0 Å². The molecule has 0 bridgehead atoms. The van der Waals surface area contributed by atoms with Crippen LogP contribution in [0, 0.1) is 0 Å². The van der Waals surface area contributed by atoms with Crippen LogP contribution in [0.3, 0.4) is 0 Å². The third-order valence-electron chi connectivity index (χ3n) is 2.46. The Bertz CT molecular complexity index is 332. The molecule has 1 heterocycles. The summed E-state index contributed by atoms with van der Waals surface area (Å²) in [5.74, 6) is 0.949. The van der Waals surface area contributed by atoms with E-state index in [1.54, 1.807) is 7.11 Å². The molecule has 0 aliphatic carbocycles. The van der Waals surface area contributed by atoms with Gasteiger partial charge in [0.1, 0.15) is 12.4 Å². The average molecular weight is 230 g/mol. The molecule has 0 saturated heterocycles. The molecular formula is C11H16ClNO2. The minimum absolute atomic E-state index is 0. The van der Waals surface area contributed by atoms with Crippen LogP contribution in [0.2, 0.25) is 0 Å². The molecule has 2 rings (SSSR count). The highest BCUT2D eigenvalue weighted by atomic mass is 35.5. The Morgan fingerprint density at radius 1 is 1.47 bits per heavy atom. The number of halogens is 1. The number of benzene rings is 1. The number of hydrogen-bond acceptors (Lipinski definition) is 3. The van der Waals surface area contributed by atoms with Gasteiger partial charge in [-0.1, -0.05) is 18.2 Å². The monoisotopic (exact) mass is 229 g/mol. The molecule has 1 aliphatic rings. The van der Waals surface area contributed by atoms with Crippen molar-refractivity contribution in [3.05, 3.63) is 29.8 Å². The van der Waals surface area contributed by atoms with Gasteiger partial charge in [0.25, 0.3) is 0 Å². The first kappa shape index (κ1) is 12.3. The third kappa shape index (κ3) is 2.62. The van der Waals surface area contributed by atoms with Crippen molar-refractivity contribution in [3.8, 4) is 5.75 Å². The van der Waals surface area contributed by atoms with Crippen molar-refractivity contribution >= 4 is 12.4 Å². The molecule has 1 unspecified atom stereocenters. The van der Waals surface area contributed by atoms with Crippen LogP contribution in [0.5, 0.6) is 5.75 Å². The van der Waals surface area contributed by atoms with Gasteiger partial charge in [-0.2, -0.15) is 0 Å². The maximum Gasteiger partial charge on any atom is 0.122 e.